The molecule has 0 aromatic heterocycles. The lowest BCUT2D eigenvalue weighted by Crippen LogP contribution is -2.49. The quantitative estimate of drug-likeness (QED) is 0.563. The van der Waals surface area contributed by atoms with Crippen LogP contribution in [-0.2, 0) is 9.53 Å². The molecular formula is C14H29N3O2S. The Hall–Kier alpha value is -0.720. The highest BCUT2D eigenvalue weighted by atomic mass is 32.1. The van der Waals surface area contributed by atoms with Crippen molar-refractivity contribution in [3.05, 3.63) is 0 Å². The molecular weight excluding hydrogens is 274 g/mol. The normalized spacial score (nSPS) is 12.7. The Bertz CT molecular complexity index is 296. The maximum Gasteiger partial charge on any atom is 0.237 e. The Kier molecular flexibility index (Phi) is 10.6. The van der Waals surface area contributed by atoms with Gasteiger partial charge < -0.3 is 15.8 Å². The molecule has 0 bridgehead atoms. The molecule has 0 spiro atoms. The van der Waals surface area contributed by atoms with E-state index in [1.54, 1.807) is 7.11 Å². The van der Waals surface area contributed by atoms with E-state index in [4.69, 9.17) is 22.7 Å². The molecule has 0 fully saturated rings. The number of hydrogen-bond acceptors (Lipinski definition) is 4. The number of rotatable bonds is 11. The second kappa shape index (κ2) is 11.0. The lowest BCUT2D eigenvalue weighted by atomic mass is 10.1. The molecule has 3 N–H and O–H groups in total. The van der Waals surface area contributed by atoms with Gasteiger partial charge >= 0.3 is 0 Å². The average Bonchev–Trinajstić information content (AvgIpc) is 2.43. The topological polar surface area (TPSA) is 67.6 Å². The van der Waals surface area contributed by atoms with Gasteiger partial charge in [-0.1, -0.05) is 26.1 Å². The zero-order chi connectivity index (χ0) is 15.5. The number of nitrogens with zero attached hydrogens (tertiary/aromatic N) is 1. The predicted molar refractivity (Wildman–Crippen MR) is 86.8 cm³/mol. The largest absolute Gasteiger partial charge is 0.393 e. The van der Waals surface area contributed by atoms with E-state index in [-0.39, 0.29) is 18.0 Å². The van der Waals surface area contributed by atoms with E-state index >= 15 is 0 Å². The van der Waals surface area contributed by atoms with Crippen molar-refractivity contribution >= 4 is 23.1 Å². The fourth-order valence-electron chi connectivity index (χ4n) is 1.94. The van der Waals surface area contributed by atoms with Crippen LogP contribution in [0, 0.1) is 0 Å². The van der Waals surface area contributed by atoms with Crippen molar-refractivity contribution in [2.45, 2.75) is 52.1 Å². The van der Waals surface area contributed by atoms with Crippen LogP contribution < -0.4 is 11.1 Å². The summed E-state index contributed by atoms with van der Waals surface area (Å²) in [7, 11) is 1.65. The summed E-state index contributed by atoms with van der Waals surface area (Å²) in [4.78, 5) is 14.8. The van der Waals surface area contributed by atoms with Crippen molar-refractivity contribution in [3.8, 4) is 0 Å². The highest BCUT2D eigenvalue weighted by Gasteiger charge is 2.22. The van der Waals surface area contributed by atoms with Crippen molar-refractivity contribution in [2.24, 2.45) is 5.73 Å². The fraction of sp³-hybridized carbons (Fsp3) is 0.857. The number of amides is 1. The van der Waals surface area contributed by atoms with E-state index in [1.807, 2.05) is 6.92 Å². The summed E-state index contributed by atoms with van der Waals surface area (Å²) in [6.07, 6.45) is 2.50. The van der Waals surface area contributed by atoms with Crippen molar-refractivity contribution in [1.82, 2.24) is 10.2 Å². The van der Waals surface area contributed by atoms with E-state index in [9.17, 15) is 4.79 Å². The van der Waals surface area contributed by atoms with E-state index in [0.717, 1.165) is 12.8 Å². The Morgan fingerprint density at radius 2 is 1.95 bits per heavy atom. The number of hydrogen-bond donors (Lipinski definition) is 2. The molecule has 6 heteroatoms. The van der Waals surface area contributed by atoms with Gasteiger partial charge in [0.25, 0.3) is 0 Å². The van der Waals surface area contributed by atoms with Gasteiger partial charge in [-0.2, -0.15) is 0 Å². The lowest BCUT2D eigenvalue weighted by molar-refractivity contribution is -0.126. The molecule has 1 atom stereocenters. The van der Waals surface area contributed by atoms with Gasteiger partial charge in [0.05, 0.1) is 17.6 Å². The number of nitrogens with one attached hydrogen (secondary N) is 1. The van der Waals surface area contributed by atoms with Crippen LogP contribution in [0.2, 0.25) is 0 Å². The summed E-state index contributed by atoms with van der Waals surface area (Å²) in [5.41, 5.74) is 5.54. The third-order valence-corrected chi connectivity index (χ3v) is 3.69. The van der Waals surface area contributed by atoms with Crippen LogP contribution >= 0.6 is 12.2 Å². The standard InChI is InChI=1S/C14H29N3O2S/c1-5-12(6-2)16-14(18)11(3)17(9-10-19-4)8-7-13(15)20/h11-12H,5-10H2,1-4H3,(H2,15,20)(H,16,18). The van der Waals surface area contributed by atoms with E-state index in [0.29, 0.717) is 31.1 Å². The molecule has 5 nitrogen and oxygen atoms in total. The maximum atomic E-state index is 12.3. The van der Waals surface area contributed by atoms with Gasteiger partial charge in [0.2, 0.25) is 5.91 Å². The molecule has 0 aliphatic heterocycles. The predicted octanol–water partition coefficient (Wildman–Crippen LogP) is 1.30. The highest BCUT2D eigenvalue weighted by molar-refractivity contribution is 7.80. The molecule has 0 aromatic rings. The summed E-state index contributed by atoms with van der Waals surface area (Å²) in [6.45, 7) is 8.02. The molecule has 0 aliphatic carbocycles. The van der Waals surface area contributed by atoms with Crippen LogP contribution in [0.3, 0.4) is 0 Å². The Labute approximate surface area is 128 Å². The molecule has 0 aliphatic rings. The van der Waals surface area contributed by atoms with Crippen LogP contribution in [-0.4, -0.2) is 54.7 Å². The molecule has 1 amide bonds. The van der Waals surface area contributed by atoms with E-state index in [1.165, 1.54) is 0 Å². The van der Waals surface area contributed by atoms with Gasteiger partial charge in [-0.3, -0.25) is 9.69 Å². The van der Waals surface area contributed by atoms with E-state index < -0.39 is 0 Å². The summed E-state index contributed by atoms with van der Waals surface area (Å²) in [5.74, 6) is 0.0535. The van der Waals surface area contributed by atoms with Gasteiger partial charge in [-0.15, -0.1) is 0 Å². The van der Waals surface area contributed by atoms with E-state index in [2.05, 4.69) is 24.1 Å². The number of methoxy groups -OCH3 is 1. The minimum atomic E-state index is -0.208. The second-order valence-corrected chi connectivity index (χ2v) is 5.47. The van der Waals surface area contributed by atoms with Crippen molar-refractivity contribution in [2.75, 3.05) is 26.8 Å². The molecule has 0 saturated heterocycles. The summed E-state index contributed by atoms with van der Waals surface area (Å²) < 4.78 is 5.10. The summed E-state index contributed by atoms with van der Waals surface area (Å²) in [6, 6.07) is 0.0323. The third-order valence-electron chi connectivity index (χ3n) is 3.49. The van der Waals surface area contributed by atoms with Crippen molar-refractivity contribution in [3.63, 3.8) is 0 Å². The molecule has 0 aromatic carbocycles. The Morgan fingerprint density at radius 1 is 1.35 bits per heavy atom. The first-order valence-corrected chi connectivity index (χ1v) is 7.68. The fourth-order valence-corrected chi connectivity index (χ4v) is 2.03. The Balaban J connectivity index is 4.52. The molecule has 118 valence electrons. The Morgan fingerprint density at radius 3 is 2.40 bits per heavy atom. The second-order valence-electron chi connectivity index (χ2n) is 4.94. The molecule has 0 saturated carbocycles. The zero-order valence-corrected chi connectivity index (χ0v) is 14.0. The van der Waals surface area contributed by atoms with Gasteiger partial charge in [0.15, 0.2) is 0 Å². The molecule has 1 unspecified atom stereocenters. The summed E-state index contributed by atoms with van der Waals surface area (Å²) >= 11 is 4.91. The molecule has 20 heavy (non-hydrogen) atoms. The van der Waals surface area contributed by atoms with Crippen molar-refractivity contribution < 1.29 is 9.53 Å². The maximum absolute atomic E-state index is 12.3. The first kappa shape index (κ1) is 19.3. The van der Waals surface area contributed by atoms with Crippen LogP contribution in [0.1, 0.15) is 40.0 Å². The minimum absolute atomic E-state index is 0.0535. The van der Waals surface area contributed by atoms with Crippen LogP contribution in [0.5, 0.6) is 0 Å². The number of ether oxygens (including phenoxy) is 1. The van der Waals surface area contributed by atoms with Crippen molar-refractivity contribution in [1.29, 1.82) is 0 Å². The van der Waals surface area contributed by atoms with Crippen LogP contribution in [0.15, 0.2) is 0 Å². The highest BCUT2D eigenvalue weighted by Crippen LogP contribution is 2.04. The number of thiocarbonyl (C=S) groups is 1. The minimum Gasteiger partial charge on any atom is -0.393 e. The zero-order valence-electron chi connectivity index (χ0n) is 13.1. The van der Waals surface area contributed by atoms with Crippen LogP contribution in [0.4, 0.5) is 0 Å². The summed E-state index contributed by atoms with van der Waals surface area (Å²) in [5, 5.41) is 3.08. The average molecular weight is 303 g/mol. The number of carbonyl (C=O) groups is 1. The molecule has 0 rings (SSSR count). The van der Waals surface area contributed by atoms with Gasteiger partial charge in [-0.05, 0) is 19.8 Å². The van der Waals surface area contributed by atoms with Gasteiger partial charge in [0, 0.05) is 32.7 Å². The first-order chi connectivity index (χ1) is 9.46. The third kappa shape index (κ3) is 7.77. The number of carbonyl (C=O) groups excluding carboxylic acids is 1. The van der Waals surface area contributed by atoms with Gasteiger partial charge in [-0.25, -0.2) is 0 Å². The first-order valence-electron chi connectivity index (χ1n) is 7.27. The molecule has 0 heterocycles. The SMILES string of the molecule is CCC(CC)NC(=O)C(C)N(CCOC)CCC(N)=S. The van der Waals surface area contributed by atoms with Gasteiger partial charge in [0.1, 0.15) is 0 Å². The smallest absolute Gasteiger partial charge is 0.237 e. The monoisotopic (exact) mass is 303 g/mol. The lowest BCUT2D eigenvalue weighted by Gasteiger charge is -2.29. The number of nitrogens with two attached hydrogens (primary N) is 1. The van der Waals surface area contributed by atoms with Crippen LogP contribution in [0.25, 0.3) is 0 Å². The molecule has 0 radical (unpaired) electrons.